The summed E-state index contributed by atoms with van der Waals surface area (Å²) >= 11 is 0. The van der Waals surface area contributed by atoms with Gasteiger partial charge in [0.1, 0.15) is 0 Å². The summed E-state index contributed by atoms with van der Waals surface area (Å²) in [6, 6.07) is 5.64. The summed E-state index contributed by atoms with van der Waals surface area (Å²) in [5.41, 5.74) is 7.99. The SMILES string of the molecule is NC(=O)c1cccc2c1C=CC=CC2. The minimum absolute atomic E-state index is 0.367. The second-order valence-corrected chi connectivity index (χ2v) is 3.23. The molecule has 0 unspecified atom stereocenters. The predicted octanol–water partition coefficient (Wildman–Crippen LogP) is 1.91. The average molecular weight is 185 g/mol. The molecule has 0 heterocycles. The average Bonchev–Trinajstić information content (AvgIpc) is 2.41. The van der Waals surface area contributed by atoms with E-state index in [1.165, 1.54) is 0 Å². The molecule has 1 aromatic carbocycles. The van der Waals surface area contributed by atoms with Gasteiger partial charge in [0.2, 0.25) is 5.91 Å². The van der Waals surface area contributed by atoms with Crippen molar-refractivity contribution >= 4 is 12.0 Å². The van der Waals surface area contributed by atoms with Crippen molar-refractivity contribution in [1.29, 1.82) is 0 Å². The lowest BCUT2D eigenvalue weighted by molar-refractivity contribution is 0.1000. The Balaban J connectivity index is 2.61. The highest BCUT2D eigenvalue weighted by Crippen LogP contribution is 2.19. The quantitative estimate of drug-likeness (QED) is 0.713. The Bertz CT molecular complexity index is 430. The van der Waals surface area contributed by atoms with Crippen LogP contribution >= 0.6 is 0 Å². The number of nitrogens with two attached hydrogens (primary N) is 1. The number of primary amides is 1. The van der Waals surface area contributed by atoms with E-state index in [-0.39, 0.29) is 5.91 Å². The lowest BCUT2D eigenvalue weighted by atomic mass is 9.99. The van der Waals surface area contributed by atoms with Crippen LogP contribution in [0.5, 0.6) is 0 Å². The zero-order valence-corrected chi connectivity index (χ0v) is 7.73. The molecule has 0 spiro atoms. The van der Waals surface area contributed by atoms with Crippen molar-refractivity contribution in [2.75, 3.05) is 0 Å². The standard InChI is InChI=1S/C12H11NO/c13-12(14)11-8-4-6-9-5-2-1-3-7-10(9)11/h1-4,6-8H,5H2,(H2,13,14). The van der Waals surface area contributed by atoms with E-state index in [0.29, 0.717) is 5.56 Å². The highest BCUT2D eigenvalue weighted by Gasteiger charge is 2.09. The maximum atomic E-state index is 11.2. The highest BCUT2D eigenvalue weighted by atomic mass is 16.1. The van der Waals surface area contributed by atoms with Gasteiger partial charge in [0.15, 0.2) is 0 Å². The molecule has 1 aliphatic rings. The van der Waals surface area contributed by atoms with Gasteiger partial charge in [0, 0.05) is 5.56 Å². The van der Waals surface area contributed by atoms with Gasteiger partial charge in [-0.15, -0.1) is 0 Å². The number of fused-ring (bicyclic) bond motifs is 1. The molecule has 2 nitrogen and oxygen atoms in total. The maximum Gasteiger partial charge on any atom is 0.249 e. The summed E-state index contributed by atoms with van der Waals surface area (Å²) in [5, 5.41) is 0. The van der Waals surface area contributed by atoms with Gasteiger partial charge >= 0.3 is 0 Å². The van der Waals surface area contributed by atoms with Crippen molar-refractivity contribution in [2.45, 2.75) is 6.42 Å². The van der Waals surface area contributed by atoms with Crippen LogP contribution in [0, 0.1) is 0 Å². The van der Waals surface area contributed by atoms with Gasteiger partial charge in [0.05, 0.1) is 0 Å². The van der Waals surface area contributed by atoms with Crippen LogP contribution in [-0.2, 0) is 6.42 Å². The Morgan fingerprint density at radius 3 is 2.93 bits per heavy atom. The van der Waals surface area contributed by atoms with E-state index in [1.807, 2.05) is 30.4 Å². The Hall–Kier alpha value is -1.83. The fourth-order valence-corrected chi connectivity index (χ4v) is 1.63. The first-order valence-electron chi connectivity index (χ1n) is 4.54. The third-order valence-electron chi connectivity index (χ3n) is 2.31. The van der Waals surface area contributed by atoms with Crippen LogP contribution in [0.15, 0.2) is 36.4 Å². The molecule has 1 amide bonds. The molecule has 2 heteroatoms. The lowest BCUT2D eigenvalue weighted by Gasteiger charge is -2.06. The number of amides is 1. The zero-order valence-electron chi connectivity index (χ0n) is 7.73. The van der Waals surface area contributed by atoms with Gasteiger partial charge in [-0.2, -0.15) is 0 Å². The van der Waals surface area contributed by atoms with E-state index in [0.717, 1.165) is 17.5 Å². The van der Waals surface area contributed by atoms with Gasteiger partial charge in [0.25, 0.3) is 0 Å². The summed E-state index contributed by atoms with van der Waals surface area (Å²) in [6.45, 7) is 0. The van der Waals surface area contributed by atoms with E-state index in [2.05, 4.69) is 6.08 Å². The summed E-state index contributed by atoms with van der Waals surface area (Å²) < 4.78 is 0. The number of carbonyl (C=O) groups excluding carboxylic acids is 1. The Morgan fingerprint density at radius 2 is 2.14 bits per heavy atom. The molecule has 0 saturated carbocycles. The second kappa shape index (κ2) is 3.50. The molecule has 2 N–H and O–H groups in total. The Labute approximate surface area is 82.7 Å². The van der Waals surface area contributed by atoms with E-state index in [9.17, 15) is 4.79 Å². The minimum Gasteiger partial charge on any atom is -0.366 e. The van der Waals surface area contributed by atoms with Gasteiger partial charge < -0.3 is 5.73 Å². The number of rotatable bonds is 1. The van der Waals surface area contributed by atoms with Crippen molar-refractivity contribution in [2.24, 2.45) is 5.73 Å². The largest absolute Gasteiger partial charge is 0.366 e. The normalized spacial score (nSPS) is 13.4. The second-order valence-electron chi connectivity index (χ2n) is 3.23. The number of benzene rings is 1. The lowest BCUT2D eigenvalue weighted by Crippen LogP contribution is -2.13. The molecule has 0 radical (unpaired) electrons. The van der Waals surface area contributed by atoms with E-state index >= 15 is 0 Å². The van der Waals surface area contributed by atoms with Crippen molar-refractivity contribution in [3.05, 3.63) is 53.1 Å². The van der Waals surface area contributed by atoms with Crippen molar-refractivity contribution in [1.82, 2.24) is 0 Å². The molecule has 0 fully saturated rings. The number of carbonyl (C=O) groups is 1. The van der Waals surface area contributed by atoms with Crippen LogP contribution in [0.1, 0.15) is 21.5 Å². The van der Waals surface area contributed by atoms with Crippen molar-refractivity contribution in [3.63, 3.8) is 0 Å². The van der Waals surface area contributed by atoms with Gasteiger partial charge in [-0.1, -0.05) is 36.4 Å². The van der Waals surface area contributed by atoms with Gasteiger partial charge in [-0.3, -0.25) is 4.79 Å². The fourth-order valence-electron chi connectivity index (χ4n) is 1.63. The topological polar surface area (TPSA) is 43.1 Å². The third kappa shape index (κ3) is 1.46. The first-order valence-corrected chi connectivity index (χ1v) is 4.54. The molecule has 1 aromatic rings. The molecule has 0 saturated heterocycles. The predicted molar refractivity (Wildman–Crippen MR) is 56.8 cm³/mol. The van der Waals surface area contributed by atoms with Gasteiger partial charge in [-0.25, -0.2) is 0 Å². The number of hydrogen-bond acceptors (Lipinski definition) is 1. The van der Waals surface area contributed by atoms with E-state index in [4.69, 9.17) is 5.73 Å². The Kier molecular flexibility index (Phi) is 2.19. The van der Waals surface area contributed by atoms with Crippen molar-refractivity contribution in [3.8, 4) is 0 Å². The molecule has 0 aliphatic heterocycles. The van der Waals surface area contributed by atoms with Crippen LogP contribution in [0.25, 0.3) is 6.08 Å². The third-order valence-corrected chi connectivity index (χ3v) is 2.31. The monoisotopic (exact) mass is 185 g/mol. The summed E-state index contributed by atoms with van der Waals surface area (Å²) in [7, 11) is 0. The molecule has 14 heavy (non-hydrogen) atoms. The number of hydrogen-bond donors (Lipinski definition) is 1. The Morgan fingerprint density at radius 1 is 1.29 bits per heavy atom. The zero-order chi connectivity index (χ0) is 9.97. The first kappa shape index (κ1) is 8.75. The van der Waals surface area contributed by atoms with Crippen molar-refractivity contribution < 1.29 is 4.79 Å². The molecular formula is C12H11NO. The van der Waals surface area contributed by atoms with Gasteiger partial charge in [-0.05, 0) is 23.6 Å². The summed E-state index contributed by atoms with van der Waals surface area (Å²) in [6.07, 6.45) is 8.75. The van der Waals surface area contributed by atoms with Crippen LogP contribution in [0.2, 0.25) is 0 Å². The number of allylic oxidation sites excluding steroid dienone is 3. The smallest absolute Gasteiger partial charge is 0.249 e. The summed E-state index contributed by atoms with van der Waals surface area (Å²) in [5.74, 6) is -0.367. The van der Waals surface area contributed by atoms with Crippen LogP contribution < -0.4 is 5.73 Å². The van der Waals surface area contributed by atoms with Crippen LogP contribution in [0.4, 0.5) is 0 Å². The van der Waals surface area contributed by atoms with Crippen LogP contribution in [0.3, 0.4) is 0 Å². The van der Waals surface area contributed by atoms with E-state index < -0.39 is 0 Å². The molecule has 0 bridgehead atoms. The molecule has 1 aliphatic carbocycles. The molecule has 0 aromatic heterocycles. The van der Waals surface area contributed by atoms with E-state index in [1.54, 1.807) is 6.07 Å². The molecule has 70 valence electrons. The first-order chi connectivity index (χ1) is 6.79. The molecule has 0 atom stereocenters. The summed E-state index contributed by atoms with van der Waals surface area (Å²) in [4.78, 5) is 11.2. The highest BCUT2D eigenvalue weighted by molar-refractivity contribution is 5.97. The molecular weight excluding hydrogens is 174 g/mol. The van der Waals surface area contributed by atoms with Crippen LogP contribution in [-0.4, -0.2) is 5.91 Å². The fraction of sp³-hybridized carbons (Fsp3) is 0.0833. The maximum absolute atomic E-state index is 11.2. The minimum atomic E-state index is -0.367. The molecule has 2 rings (SSSR count).